The van der Waals surface area contributed by atoms with Crippen LogP contribution in [0.25, 0.3) is 5.82 Å². The molecule has 2 heterocycles. The lowest BCUT2D eigenvalue weighted by Gasteiger charge is -2.06. The first kappa shape index (κ1) is 13.0. The van der Waals surface area contributed by atoms with Gasteiger partial charge in [0.05, 0.1) is 5.02 Å². The van der Waals surface area contributed by atoms with Gasteiger partial charge in [0, 0.05) is 25.6 Å². The normalized spacial score (nSPS) is 10.9. The first-order chi connectivity index (χ1) is 8.69. The van der Waals surface area contributed by atoms with E-state index in [1.54, 1.807) is 10.9 Å². The highest BCUT2D eigenvalue weighted by atomic mass is 35.5. The molecule has 5 nitrogen and oxygen atoms in total. The molecule has 2 rings (SSSR count). The van der Waals surface area contributed by atoms with Crippen LogP contribution < -0.4 is 5.73 Å². The summed E-state index contributed by atoms with van der Waals surface area (Å²) in [6.45, 7) is 4.45. The number of aryl methyl sites for hydroxylation is 2. The van der Waals surface area contributed by atoms with Crippen molar-refractivity contribution in [3.05, 3.63) is 34.5 Å². The van der Waals surface area contributed by atoms with Gasteiger partial charge in [-0.25, -0.2) is 9.97 Å². The quantitative estimate of drug-likeness (QED) is 0.917. The van der Waals surface area contributed by atoms with E-state index in [0.29, 0.717) is 17.4 Å². The monoisotopic (exact) mass is 265 g/mol. The van der Waals surface area contributed by atoms with Crippen LogP contribution in [-0.2, 0) is 19.4 Å². The van der Waals surface area contributed by atoms with Crippen LogP contribution >= 0.6 is 11.6 Å². The van der Waals surface area contributed by atoms with Crippen LogP contribution in [0.4, 0.5) is 0 Å². The van der Waals surface area contributed by atoms with E-state index in [1.165, 1.54) is 0 Å². The van der Waals surface area contributed by atoms with E-state index in [9.17, 15) is 0 Å². The molecule has 0 aliphatic rings. The third-order valence-corrected chi connectivity index (χ3v) is 3.05. The molecular weight excluding hydrogens is 250 g/mol. The van der Waals surface area contributed by atoms with Crippen LogP contribution in [0.1, 0.15) is 31.1 Å². The lowest BCUT2D eigenvalue weighted by Crippen LogP contribution is -2.07. The molecule has 0 aliphatic carbocycles. The van der Waals surface area contributed by atoms with Crippen LogP contribution in [0.3, 0.4) is 0 Å². The molecule has 18 heavy (non-hydrogen) atoms. The standard InChI is InChI=1S/C12H16ClN5/c1-3-10-16-11(4-2)18(17-10)12-5-8(6-14)9(13)7-15-12/h5,7H,3-4,6,14H2,1-2H3. The number of rotatable bonds is 4. The highest BCUT2D eigenvalue weighted by molar-refractivity contribution is 6.31. The van der Waals surface area contributed by atoms with Crippen molar-refractivity contribution < 1.29 is 0 Å². The number of aromatic nitrogens is 4. The molecule has 0 aliphatic heterocycles. The smallest absolute Gasteiger partial charge is 0.155 e. The number of nitrogens with zero attached hydrogens (tertiary/aromatic N) is 4. The minimum absolute atomic E-state index is 0.380. The molecule has 0 spiro atoms. The summed E-state index contributed by atoms with van der Waals surface area (Å²) in [4.78, 5) is 8.74. The Morgan fingerprint density at radius 2 is 2.11 bits per heavy atom. The van der Waals surface area contributed by atoms with E-state index in [-0.39, 0.29) is 0 Å². The SMILES string of the molecule is CCc1nc(CC)n(-c2cc(CN)c(Cl)cn2)n1. The number of hydrogen-bond donors (Lipinski definition) is 1. The van der Waals surface area contributed by atoms with Gasteiger partial charge in [0.25, 0.3) is 0 Å². The molecule has 2 aromatic rings. The Labute approximate surface area is 111 Å². The van der Waals surface area contributed by atoms with Gasteiger partial charge >= 0.3 is 0 Å². The summed E-state index contributed by atoms with van der Waals surface area (Å²) in [5.41, 5.74) is 6.50. The van der Waals surface area contributed by atoms with E-state index in [1.807, 2.05) is 19.9 Å². The molecule has 2 N–H and O–H groups in total. The second-order valence-corrected chi connectivity index (χ2v) is 4.31. The van der Waals surface area contributed by atoms with E-state index < -0.39 is 0 Å². The minimum atomic E-state index is 0.380. The van der Waals surface area contributed by atoms with Crippen molar-refractivity contribution >= 4 is 11.6 Å². The van der Waals surface area contributed by atoms with Gasteiger partial charge in [-0.1, -0.05) is 25.4 Å². The first-order valence-corrected chi connectivity index (χ1v) is 6.37. The largest absolute Gasteiger partial charge is 0.326 e. The van der Waals surface area contributed by atoms with E-state index in [0.717, 1.165) is 30.1 Å². The molecule has 2 aromatic heterocycles. The van der Waals surface area contributed by atoms with Gasteiger partial charge in [-0.3, -0.25) is 0 Å². The average Bonchev–Trinajstić information content (AvgIpc) is 2.82. The molecular formula is C12H16ClN5. The molecule has 96 valence electrons. The summed E-state index contributed by atoms with van der Waals surface area (Å²) < 4.78 is 1.76. The highest BCUT2D eigenvalue weighted by Gasteiger charge is 2.11. The van der Waals surface area contributed by atoms with Gasteiger partial charge in [0.2, 0.25) is 0 Å². The molecule has 0 radical (unpaired) electrons. The fourth-order valence-corrected chi connectivity index (χ4v) is 1.87. The first-order valence-electron chi connectivity index (χ1n) is 5.99. The van der Waals surface area contributed by atoms with E-state index in [2.05, 4.69) is 15.1 Å². The van der Waals surface area contributed by atoms with Crippen molar-refractivity contribution in [2.75, 3.05) is 0 Å². The fourth-order valence-electron chi connectivity index (χ4n) is 1.69. The maximum absolute atomic E-state index is 6.00. The van der Waals surface area contributed by atoms with Gasteiger partial charge in [-0.15, -0.1) is 5.10 Å². The van der Waals surface area contributed by atoms with Gasteiger partial charge in [0.15, 0.2) is 11.6 Å². The van der Waals surface area contributed by atoms with E-state index >= 15 is 0 Å². The van der Waals surface area contributed by atoms with Crippen molar-refractivity contribution in [1.29, 1.82) is 0 Å². The fraction of sp³-hybridized carbons (Fsp3) is 0.417. The van der Waals surface area contributed by atoms with Crippen molar-refractivity contribution in [3.8, 4) is 5.82 Å². The van der Waals surface area contributed by atoms with Crippen LogP contribution in [-0.4, -0.2) is 19.7 Å². The molecule has 6 heteroatoms. The lowest BCUT2D eigenvalue weighted by molar-refractivity contribution is 0.766. The maximum atomic E-state index is 6.00. The number of halogens is 1. The zero-order valence-corrected chi connectivity index (χ0v) is 11.3. The number of hydrogen-bond acceptors (Lipinski definition) is 4. The Kier molecular flexibility index (Phi) is 3.93. The summed E-state index contributed by atoms with van der Waals surface area (Å²) in [7, 11) is 0. The zero-order chi connectivity index (χ0) is 13.1. The molecule has 0 bridgehead atoms. The van der Waals surface area contributed by atoms with Crippen LogP contribution in [0.5, 0.6) is 0 Å². The lowest BCUT2D eigenvalue weighted by atomic mass is 10.2. The Hall–Kier alpha value is -1.46. The highest BCUT2D eigenvalue weighted by Crippen LogP contribution is 2.17. The van der Waals surface area contributed by atoms with Crippen molar-refractivity contribution in [2.24, 2.45) is 5.73 Å². The molecule has 0 saturated carbocycles. The Morgan fingerprint density at radius 3 is 2.72 bits per heavy atom. The van der Waals surface area contributed by atoms with Crippen molar-refractivity contribution in [3.63, 3.8) is 0 Å². The molecule has 0 fully saturated rings. The molecule has 0 amide bonds. The van der Waals surface area contributed by atoms with Crippen LogP contribution in [0, 0.1) is 0 Å². The van der Waals surface area contributed by atoms with Crippen LogP contribution in [0.2, 0.25) is 5.02 Å². The molecule has 0 aromatic carbocycles. The number of nitrogens with two attached hydrogens (primary N) is 1. The Morgan fingerprint density at radius 1 is 1.33 bits per heavy atom. The average molecular weight is 266 g/mol. The summed E-state index contributed by atoms with van der Waals surface area (Å²) in [6.07, 6.45) is 3.21. The topological polar surface area (TPSA) is 69.6 Å². The summed E-state index contributed by atoms with van der Waals surface area (Å²) in [5.74, 6) is 2.42. The molecule has 0 unspecified atom stereocenters. The third-order valence-electron chi connectivity index (χ3n) is 2.71. The van der Waals surface area contributed by atoms with Gasteiger partial charge in [0.1, 0.15) is 5.82 Å². The second kappa shape index (κ2) is 5.46. The summed E-state index contributed by atoms with van der Waals surface area (Å²) >= 11 is 6.00. The van der Waals surface area contributed by atoms with Gasteiger partial charge in [-0.05, 0) is 11.6 Å². The minimum Gasteiger partial charge on any atom is -0.326 e. The summed E-state index contributed by atoms with van der Waals surface area (Å²) in [6, 6.07) is 1.86. The van der Waals surface area contributed by atoms with Gasteiger partial charge < -0.3 is 5.73 Å². The Balaban J connectivity index is 2.50. The number of pyridine rings is 1. The maximum Gasteiger partial charge on any atom is 0.155 e. The predicted octanol–water partition coefficient (Wildman–Crippen LogP) is 1.90. The molecule has 0 saturated heterocycles. The molecule has 0 atom stereocenters. The predicted molar refractivity (Wildman–Crippen MR) is 70.8 cm³/mol. The second-order valence-electron chi connectivity index (χ2n) is 3.90. The third kappa shape index (κ3) is 2.37. The Bertz CT molecular complexity index is 549. The van der Waals surface area contributed by atoms with Crippen molar-refractivity contribution in [2.45, 2.75) is 33.2 Å². The summed E-state index contributed by atoms with van der Waals surface area (Å²) in [5, 5.41) is 5.01. The van der Waals surface area contributed by atoms with E-state index in [4.69, 9.17) is 17.3 Å². The zero-order valence-electron chi connectivity index (χ0n) is 10.5. The van der Waals surface area contributed by atoms with Gasteiger partial charge in [-0.2, -0.15) is 4.68 Å². The van der Waals surface area contributed by atoms with Crippen LogP contribution in [0.15, 0.2) is 12.3 Å². The van der Waals surface area contributed by atoms with Crippen molar-refractivity contribution in [1.82, 2.24) is 19.7 Å².